The molecule has 0 radical (unpaired) electrons. The van der Waals surface area contributed by atoms with Crippen LogP contribution in [0.3, 0.4) is 0 Å². The van der Waals surface area contributed by atoms with E-state index in [0.717, 1.165) is 32.4 Å². The lowest BCUT2D eigenvalue weighted by atomic mass is 9.83. The van der Waals surface area contributed by atoms with Crippen molar-refractivity contribution in [3.63, 3.8) is 0 Å². The standard InChI is InChI=1S/C18H26N2/c1-4-20(15-18(2)12-8-5-9-13-18)14-16-10-6-7-11-17(16)19-3/h4-5,8-12,19H,1,6-7,13-15H2,2-3H3. The van der Waals surface area contributed by atoms with Gasteiger partial charge in [-0.2, -0.15) is 0 Å². The molecule has 2 heteroatoms. The minimum Gasteiger partial charge on any atom is -0.388 e. The Labute approximate surface area is 123 Å². The smallest absolute Gasteiger partial charge is 0.0441 e. The number of allylic oxidation sites excluding steroid dienone is 5. The zero-order chi connectivity index (χ0) is 14.4. The van der Waals surface area contributed by atoms with Crippen molar-refractivity contribution in [3.8, 4) is 0 Å². The van der Waals surface area contributed by atoms with Gasteiger partial charge in [-0.15, -0.1) is 0 Å². The molecule has 2 aliphatic carbocycles. The maximum absolute atomic E-state index is 3.99. The normalized spacial score (nSPS) is 24.9. The van der Waals surface area contributed by atoms with Crippen LogP contribution in [-0.4, -0.2) is 25.0 Å². The monoisotopic (exact) mass is 270 g/mol. The van der Waals surface area contributed by atoms with Gasteiger partial charge in [0.15, 0.2) is 0 Å². The summed E-state index contributed by atoms with van der Waals surface area (Å²) in [5.41, 5.74) is 2.87. The summed E-state index contributed by atoms with van der Waals surface area (Å²) in [5, 5.41) is 3.30. The molecule has 0 aliphatic heterocycles. The molecule has 2 nitrogen and oxygen atoms in total. The van der Waals surface area contributed by atoms with Crippen molar-refractivity contribution in [1.29, 1.82) is 0 Å². The number of likely N-dealkylation sites (N-methyl/N-ethyl adjacent to an activating group) is 1. The fourth-order valence-electron chi connectivity index (χ4n) is 2.90. The molecule has 1 N–H and O–H groups in total. The maximum Gasteiger partial charge on any atom is 0.0441 e. The molecule has 108 valence electrons. The van der Waals surface area contributed by atoms with Gasteiger partial charge in [0, 0.05) is 31.2 Å². The molecule has 0 heterocycles. The lowest BCUT2D eigenvalue weighted by molar-refractivity contribution is 0.275. The van der Waals surface area contributed by atoms with Crippen molar-refractivity contribution < 1.29 is 0 Å². The molecular formula is C18H26N2. The molecule has 1 unspecified atom stereocenters. The van der Waals surface area contributed by atoms with E-state index in [9.17, 15) is 0 Å². The van der Waals surface area contributed by atoms with E-state index in [-0.39, 0.29) is 5.41 Å². The second-order valence-corrected chi connectivity index (χ2v) is 5.91. The average molecular weight is 270 g/mol. The molecule has 0 aromatic heterocycles. The van der Waals surface area contributed by atoms with Crippen LogP contribution in [0.4, 0.5) is 0 Å². The average Bonchev–Trinajstić information content (AvgIpc) is 2.47. The van der Waals surface area contributed by atoms with Crippen LogP contribution in [0.15, 0.2) is 60.5 Å². The summed E-state index contributed by atoms with van der Waals surface area (Å²) in [6.07, 6.45) is 18.8. The Morgan fingerprint density at radius 1 is 1.35 bits per heavy atom. The molecule has 2 aliphatic rings. The van der Waals surface area contributed by atoms with Crippen LogP contribution in [0.25, 0.3) is 0 Å². The molecular weight excluding hydrogens is 244 g/mol. The summed E-state index contributed by atoms with van der Waals surface area (Å²) in [6, 6.07) is 0. The summed E-state index contributed by atoms with van der Waals surface area (Å²) in [6.45, 7) is 8.24. The van der Waals surface area contributed by atoms with Crippen LogP contribution in [0.5, 0.6) is 0 Å². The highest BCUT2D eigenvalue weighted by Gasteiger charge is 2.24. The lowest BCUT2D eigenvalue weighted by Gasteiger charge is -2.34. The Bertz CT molecular complexity index is 468. The molecule has 0 aromatic rings. The summed E-state index contributed by atoms with van der Waals surface area (Å²) in [5.74, 6) is 0. The first-order valence-electron chi connectivity index (χ1n) is 7.45. The van der Waals surface area contributed by atoms with E-state index in [2.05, 4.69) is 60.2 Å². The largest absolute Gasteiger partial charge is 0.388 e. The van der Waals surface area contributed by atoms with E-state index in [1.165, 1.54) is 11.3 Å². The number of rotatable bonds is 6. The van der Waals surface area contributed by atoms with Crippen molar-refractivity contribution in [1.82, 2.24) is 10.2 Å². The van der Waals surface area contributed by atoms with E-state index in [0.29, 0.717) is 0 Å². The fourth-order valence-corrected chi connectivity index (χ4v) is 2.90. The Morgan fingerprint density at radius 2 is 2.15 bits per heavy atom. The third-order valence-corrected chi connectivity index (χ3v) is 4.05. The van der Waals surface area contributed by atoms with Gasteiger partial charge in [-0.3, -0.25) is 0 Å². The second-order valence-electron chi connectivity index (χ2n) is 5.91. The molecule has 2 rings (SSSR count). The van der Waals surface area contributed by atoms with Gasteiger partial charge in [-0.25, -0.2) is 0 Å². The van der Waals surface area contributed by atoms with Crippen molar-refractivity contribution in [2.45, 2.75) is 26.2 Å². The molecule has 0 amide bonds. The first-order valence-corrected chi connectivity index (χ1v) is 7.45. The number of nitrogens with one attached hydrogen (secondary N) is 1. The zero-order valence-electron chi connectivity index (χ0n) is 12.7. The van der Waals surface area contributed by atoms with Crippen molar-refractivity contribution in [2.24, 2.45) is 5.41 Å². The minimum absolute atomic E-state index is 0.210. The second kappa shape index (κ2) is 6.65. The van der Waals surface area contributed by atoms with Gasteiger partial charge < -0.3 is 10.2 Å². The van der Waals surface area contributed by atoms with E-state index in [4.69, 9.17) is 0 Å². The van der Waals surface area contributed by atoms with Gasteiger partial charge in [0.25, 0.3) is 0 Å². The van der Waals surface area contributed by atoms with Crippen LogP contribution < -0.4 is 5.32 Å². The summed E-state index contributed by atoms with van der Waals surface area (Å²) in [7, 11) is 2.00. The van der Waals surface area contributed by atoms with Gasteiger partial charge >= 0.3 is 0 Å². The molecule has 0 spiro atoms. The molecule has 0 saturated carbocycles. The molecule has 0 saturated heterocycles. The Hall–Kier alpha value is -1.70. The summed E-state index contributed by atoms with van der Waals surface area (Å²) in [4.78, 5) is 2.33. The van der Waals surface area contributed by atoms with Gasteiger partial charge in [-0.05, 0) is 31.0 Å². The van der Waals surface area contributed by atoms with Crippen molar-refractivity contribution in [3.05, 3.63) is 60.5 Å². The fraction of sp³-hybridized carbons (Fsp3) is 0.444. The van der Waals surface area contributed by atoms with Crippen LogP contribution in [0, 0.1) is 5.41 Å². The SMILES string of the molecule is C=CN(CC1=CCCC=C1NC)CC1(C)C=CC=CC1. The van der Waals surface area contributed by atoms with Gasteiger partial charge in [0.1, 0.15) is 0 Å². The summed E-state index contributed by atoms with van der Waals surface area (Å²) < 4.78 is 0. The van der Waals surface area contributed by atoms with Gasteiger partial charge in [0.05, 0.1) is 0 Å². The lowest BCUT2D eigenvalue weighted by Crippen LogP contribution is -2.34. The molecule has 0 bridgehead atoms. The first kappa shape index (κ1) is 14.7. The highest BCUT2D eigenvalue weighted by atomic mass is 15.1. The van der Waals surface area contributed by atoms with Crippen LogP contribution in [0.1, 0.15) is 26.2 Å². The molecule has 0 fully saturated rings. The predicted molar refractivity (Wildman–Crippen MR) is 87.2 cm³/mol. The Morgan fingerprint density at radius 3 is 2.80 bits per heavy atom. The van der Waals surface area contributed by atoms with Crippen LogP contribution in [0.2, 0.25) is 0 Å². The highest BCUT2D eigenvalue weighted by molar-refractivity contribution is 5.33. The number of hydrogen-bond donors (Lipinski definition) is 1. The zero-order valence-corrected chi connectivity index (χ0v) is 12.7. The third kappa shape index (κ3) is 3.66. The summed E-state index contributed by atoms with van der Waals surface area (Å²) >= 11 is 0. The quantitative estimate of drug-likeness (QED) is 0.790. The predicted octanol–water partition coefficient (Wildman–Crippen LogP) is 3.78. The van der Waals surface area contributed by atoms with Crippen molar-refractivity contribution in [2.75, 3.05) is 20.1 Å². The van der Waals surface area contributed by atoms with Crippen LogP contribution >= 0.6 is 0 Å². The molecule has 20 heavy (non-hydrogen) atoms. The topological polar surface area (TPSA) is 15.3 Å². The highest BCUT2D eigenvalue weighted by Crippen LogP contribution is 2.29. The maximum atomic E-state index is 3.99. The Kier molecular flexibility index (Phi) is 4.89. The molecule has 1 atom stereocenters. The third-order valence-electron chi connectivity index (χ3n) is 4.05. The number of hydrogen-bond acceptors (Lipinski definition) is 2. The van der Waals surface area contributed by atoms with E-state index < -0.39 is 0 Å². The van der Waals surface area contributed by atoms with Crippen LogP contribution in [-0.2, 0) is 0 Å². The first-order chi connectivity index (χ1) is 9.67. The van der Waals surface area contributed by atoms with Crippen molar-refractivity contribution >= 4 is 0 Å². The Balaban J connectivity index is 2.01. The van der Waals surface area contributed by atoms with E-state index in [1.807, 2.05) is 13.2 Å². The van der Waals surface area contributed by atoms with Gasteiger partial charge in [0.2, 0.25) is 0 Å². The number of nitrogens with zero attached hydrogens (tertiary/aromatic N) is 1. The van der Waals surface area contributed by atoms with E-state index in [1.54, 1.807) is 0 Å². The van der Waals surface area contributed by atoms with Gasteiger partial charge in [-0.1, -0.05) is 50.0 Å². The molecule has 0 aromatic carbocycles. The van der Waals surface area contributed by atoms with E-state index >= 15 is 0 Å². The minimum atomic E-state index is 0.210.